The fraction of sp³-hybridized carbons (Fsp3) is 0.273. The van der Waals surface area contributed by atoms with Crippen molar-refractivity contribution in [2.24, 2.45) is 0 Å². The summed E-state index contributed by atoms with van der Waals surface area (Å²) in [4.78, 5) is 25.3. The van der Waals surface area contributed by atoms with Crippen LogP contribution in [0.15, 0.2) is 57.7 Å². The van der Waals surface area contributed by atoms with Crippen LogP contribution in [0.1, 0.15) is 11.1 Å². The molecule has 0 aliphatic carbocycles. The van der Waals surface area contributed by atoms with Gasteiger partial charge in [-0.05, 0) is 49.2 Å². The lowest BCUT2D eigenvalue weighted by molar-refractivity contribution is -0.132. The maximum atomic E-state index is 12.3. The van der Waals surface area contributed by atoms with Crippen molar-refractivity contribution in [3.8, 4) is 11.5 Å². The maximum absolute atomic E-state index is 12.3. The van der Waals surface area contributed by atoms with Crippen LogP contribution < -0.4 is 15.1 Å². The van der Waals surface area contributed by atoms with Crippen LogP contribution in [-0.2, 0) is 4.79 Å². The Kier molecular flexibility index (Phi) is 5.99. The predicted molar refractivity (Wildman–Crippen MR) is 107 cm³/mol. The molecule has 1 aromatic heterocycles. The molecule has 0 saturated carbocycles. The van der Waals surface area contributed by atoms with Gasteiger partial charge in [0.25, 0.3) is 5.91 Å². The van der Waals surface area contributed by atoms with Crippen molar-refractivity contribution in [2.45, 2.75) is 13.8 Å². The number of ether oxygens (including phenoxy) is 2. The summed E-state index contributed by atoms with van der Waals surface area (Å²) >= 11 is 0. The molecule has 6 heteroatoms. The number of fused-ring (bicyclic) bond motifs is 1. The molecule has 0 unspecified atom stereocenters. The van der Waals surface area contributed by atoms with E-state index >= 15 is 0 Å². The monoisotopic (exact) mass is 381 g/mol. The second-order valence-corrected chi connectivity index (χ2v) is 6.68. The lowest BCUT2D eigenvalue weighted by Crippen LogP contribution is -2.34. The van der Waals surface area contributed by atoms with Gasteiger partial charge in [-0.25, -0.2) is 4.79 Å². The highest BCUT2D eigenvalue weighted by molar-refractivity contribution is 5.81. The molecular formula is C22H23NO5. The van der Waals surface area contributed by atoms with E-state index < -0.39 is 5.63 Å². The van der Waals surface area contributed by atoms with Gasteiger partial charge in [-0.2, -0.15) is 0 Å². The lowest BCUT2D eigenvalue weighted by Gasteiger charge is -2.18. The number of likely N-dealkylation sites (N-methyl/N-ethyl adjacent to an activating group) is 1. The smallest absolute Gasteiger partial charge is 0.336 e. The Morgan fingerprint density at radius 2 is 1.82 bits per heavy atom. The summed E-state index contributed by atoms with van der Waals surface area (Å²) in [5, 5.41) is 0.837. The molecule has 3 rings (SSSR count). The molecule has 2 aromatic carbocycles. The summed E-state index contributed by atoms with van der Waals surface area (Å²) in [6.07, 6.45) is 0. The molecule has 1 heterocycles. The summed E-state index contributed by atoms with van der Waals surface area (Å²) in [6, 6.07) is 14.4. The third kappa shape index (κ3) is 4.91. The fourth-order valence-corrected chi connectivity index (χ4v) is 2.78. The van der Waals surface area contributed by atoms with Crippen molar-refractivity contribution >= 4 is 16.9 Å². The zero-order valence-electron chi connectivity index (χ0n) is 16.2. The van der Waals surface area contributed by atoms with Gasteiger partial charge < -0.3 is 18.8 Å². The van der Waals surface area contributed by atoms with Crippen molar-refractivity contribution < 1.29 is 18.7 Å². The van der Waals surface area contributed by atoms with Gasteiger partial charge in [0.1, 0.15) is 23.7 Å². The van der Waals surface area contributed by atoms with E-state index in [-0.39, 0.29) is 12.5 Å². The molecule has 0 atom stereocenters. The van der Waals surface area contributed by atoms with E-state index in [9.17, 15) is 9.59 Å². The topological polar surface area (TPSA) is 69.0 Å². The summed E-state index contributed by atoms with van der Waals surface area (Å²) in [5.41, 5.74) is 1.99. The van der Waals surface area contributed by atoms with Gasteiger partial charge in [0.2, 0.25) is 0 Å². The zero-order chi connectivity index (χ0) is 20.1. The van der Waals surface area contributed by atoms with Crippen LogP contribution in [0.5, 0.6) is 11.5 Å². The SMILES string of the molecule is Cc1cccc(OCCN(C)C(=O)COc2ccc3c(C)cc(=O)oc3c2)c1. The van der Waals surface area contributed by atoms with Gasteiger partial charge in [0.05, 0.1) is 6.54 Å². The molecule has 28 heavy (non-hydrogen) atoms. The largest absolute Gasteiger partial charge is 0.492 e. The van der Waals surface area contributed by atoms with Crippen molar-refractivity contribution in [3.63, 3.8) is 0 Å². The van der Waals surface area contributed by atoms with E-state index in [1.54, 1.807) is 24.1 Å². The highest BCUT2D eigenvalue weighted by atomic mass is 16.5. The second kappa shape index (κ2) is 8.61. The van der Waals surface area contributed by atoms with Gasteiger partial charge >= 0.3 is 5.63 Å². The molecule has 146 valence electrons. The van der Waals surface area contributed by atoms with Crippen LogP contribution in [0.4, 0.5) is 0 Å². The van der Waals surface area contributed by atoms with E-state index in [1.165, 1.54) is 6.07 Å². The van der Waals surface area contributed by atoms with Gasteiger partial charge in [0, 0.05) is 24.6 Å². The molecule has 0 spiro atoms. The molecule has 0 radical (unpaired) electrons. The molecule has 3 aromatic rings. The number of amides is 1. The standard InChI is InChI=1S/C22H23NO5/c1-15-5-4-6-17(11-15)26-10-9-23(3)21(24)14-27-18-7-8-19-16(2)12-22(25)28-20(19)13-18/h4-8,11-13H,9-10,14H2,1-3H3. The first kappa shape index (κ1) is 19.5. The van der Waals surface area contributed by atoms with Crippen LogP contribution in [-0.4, -0.2) is 37.6 Å². The van der Waals surface area contributed by atoms with Gasteiger partial charge in [-0.3, -0.25) is 4.79 Å². The number of carbonyl (C=O) groups excluding carboxylic acids is 1. The Labute approximate surface area is 163 Å². The number of hydrogen-bond acceptors (Lipinski definition) is 5. The van der Waals surface area contributed by atoms with Crippen molar-refractivity contribution in [2.75, 3.05) is 26.8 Å². The molecule has 0 aliphatic rings. The highest BCUT2D eigenvalue weighted by Gasteiger charge is 2.11. The number of hydrogen-bond donors (Lipinski definition) is 0. The van der Waals surface area contributed by atoms with Crippen LogP contribution >= 0.6 is 0 Å². The summed E-state index contributed by atoms with van der Waals surface area (Å²) in [7, 11) is 1.70. The van der Waals surface area contributed by atoms with E-state index in [0.29, 0.717) is 24.5 Å². The Bertz CT molecular complexity index is 1040. The molecule has 0 aliphatic heterocycles. The van der Waals surface area contributed by atoms with Crippen LogP contribution in [0.3, 0.4) is 0 Å². The lowest BCUT2D eigenvalue weighted by atomic mass is 10.1. The van der Waals surface area contributed by atoms with E-state index in [4.69, 9.17) is 13.9 Å². The van der Waals surface area contributed by atoms with E-state index in [1.807, 2.05) is 44.2 Å². The normalized spacial score (nSPS) is 10.7. The summed E-state index contributed by atoms with van der Waals surface area (Å²) in [6.45, 7) is 4.58. The first-order valence-electron chi connectivity index (χ1n) is 9.03. The second-order valence-electron chi connectivity index (χ2n) is 6.68. The average Bonchev–Trinajstić information content (AvgIpc) is 2.65. The predicted octanol–water partition coefficient (Wildman–Crippen LogP) is 3.33. The van der Waals surface area contributed by atoms with Gasteiger partial charge in [-0.1, -0.05) is 12.1 Å². The minimum absolute atomic E-state index is 0.109. The van der Waals surface area contributed by atoms with Gasteiger partial charge in [-0.15, -0.1) is 0 Å². The molecule has 0 N–H and O–H groups in total. The molecular weight excluding hydrogens is 358 g/mol. The fourth-order valence-electron chi connectivity index (χ4n) is 2.78. The Morgan fingerprint density at radius 1 is 1.04 bits per heavy atom. The number of rotatable bonds is 7. The Morgan fingerprint density at radius 3 is 2.61 bits per heavy atom. The zero-order valence-corrected chi connectivity index (χ0v) is 16.2. The van der Waals surface area contributed by atoms with Crippen molar-refractivity contribution in [3.05, 3.63) is 70.1 Å². The quantitative estimate of drug-likeness (QED) is 0.587. The van der Waals surface area contributed by atoms with E-state index in [2.05, 4.69) is 0 Å². The van der Waals surface area contributed by atoms with E-state index in [0.717, 1.165) is 22.3 Å². The van der Waals surface area contributed by atoms with Crippen LogP contribution in [0.25, 0.3) is 11.0 Å². The Balaban J connectivity index is 1.51. The summed E-state index contributed by atoms with van der Waals surface area (Å²) in [5.74, 6) is 1.09. The third-order valence-corrected chi connectivity index (χ3v) is 4.40. The molecule has 0 fully saturated rings. The van der Waals surface area contributed by atoms with Gasteiger partial charge in [0.15, 0.2) is 6.61 Å². The highest BCUT2D eigenvalue weighted by Crippen LogP contribution is 2.22. The number of benzene rings is 2. The van der Waals surface area contributed by atoms with Crippen molar-refractivity contribution in [1.82, 2.24) is 4.90 Å². The molecule has 0 saturated heterocycles. The Hall–Kier alpha value is -3.28. The van der Waals surface area contributed by atoms with Crippen LogP contribution in [0, 0.1) is 13.8 Å². The van der Waals surface area contributed by atoms with Crippen molar-refractivity contribution in [1.29, 1.82) is 0 Å². The summed E-state index contributed by atoms with van der Waals surface area (Å²) < 4.78 is 16.4. The maximum Gasteiger partial charge on any atom is 0.336 e. The van der Waals surface area contributed by atoms with Crippen LogP contribution in [0.2, 0.25) is 0 Å². The number of aryl methyl sites for hydroxylation is 2. The molecule has 6 nitrogen and oxygen atoms in total. The third-order valence-electron chi connectivity index (χ3n) is 4.40. The first-order chi connectivity index (χ1) is 13.4. The minimum atomic E-state index is -0.411. The number of carbonyl (C=O) groups is 1. The molecule has 0 bridgehead atoms. The first-order valence-corrected chi connectivity index (χ1v) is 9.03. The molecule has 1 amide bonds. The average molecular weight is 381 g/mol. The minimum Gasteiger partial charge on any atom is -0.492 e. The number of nitrogens with zero attached hydrogens (tertiary/aromatic N) is 1.